The van der Waals surface area contributed by atoms with E-state index in [0.29, 0.717) is 17.3 Å². The highest BCUT2D eigenvalue weighted by atomic mass is 79.9. The lowest BCUT2D eigenvalue weighted by Gasteiger charge is -2.09. The van der Waals surface area contributed by atoms with E-state index in [9.17, 15) is 4.39 Å². The first-order valence-electron chi connectivity index (χ1n) is 4.96. The second-order valence-electron chi connectivity index (χ2n) is 3.40. The first-order chi connectivity index (χ1) is 8.16. The quantitative estimate of drug-likeness (QED) is 0.857. The first kappa shape index (κ1) is 12.3. The van der Waals surface area contributed by atoms with Crippen LogP contribution in [0.2, 0.25) is 5.02 Å². The Labute approximate surface area is 112 Å². The van der Waals surface area contributed by atoms with Gasteiger partial charge in [-0.25, -0.2) is 9.37 Å². The summed E-state index contributed by atoms with van der Waals surface area (Å²) in [5, 5.41) is 3.30. The summed E-state index contributed by atoms with van der Waals surface area (Å²) in [5.41, 5.74) is 1.11. The van der Waals surface area contributed by atoms with Crippen molar-refractivity contribution in [1.82, 2.24) is 4.98 Å². The topological polar surface area (TPSA) is 24.9 Å². The van der Waals surface area contributed by atoms with E-state index in [1.165, 1.54) is 6.07 Å². The van der Waals surface area contributed by atoms with Crippen molar-refractivity contribution < 1.29 is 4.39 Å². The number of benzene rings is 1. The molecule has 0 spiro atoms. The molecule has 0 saturated heterocycles. The highest BCUT2D eigenvalue weighted by Gasteiger charge is 2.06. The first-order valence-corrected chi connectivity index (χ1v) is 6.13. The van der Waals surface area contributed by atoms with E-state index < -0.39 is 0 Å². The number of halogens is 3. The Morgan fingerprint density at radius 3 is 2.71 bits per heavy atom. The summed E-state index contributed by atoms with van der Waals surface area (Å²) < 4.78 is 14.2. The molecule has 0 bridgehead atoms. The molecule has 1 aromatic carbocycles. The zero-order valence-electron chi connectivity index (χ0n) is 8.75. The minimum atomic E-state index is -0.368. The van der Waals surface area contributed by atoms with Gasteiger partial charge in [-0.15, -0.1) is 0 Å². The average molecular weight is 316 g/mol. The second kappa shape index (κ2) is 5.47. The van der Waals surface area contributed by atoms with E-state index in [4.69, 9.17) is 11.6 Å². The third-order valence-corrected chi connectivity index (χ3v) is 2.94. The monoisotopic (exact) mass is 314 g/mol. The minimum absolute atomic E-state index is 0.302. The van der Waals surface area contributed by atoms with Gasteiger partial charge in [0.2, 0.25) is 0 Å². The highest BCUT2D eigenvalue weighted by molar-refractivity contribution is 9.10. The van der Waals surface area contributed by atoms with Gasteiger partial charge < -0.3 is 5.32 Å². The fourth-order valence-corrected chi connectivity index (χ4v) is 2.00. The number of aromatic nitrogens is 1. The molecular weight excluding hydrogens is 307 g/mol. The predicted octanol–water partition coefficient (Wildman–Crippen LogP) is 4.25. The maximum absolute atomic E-state index is 13.5. The summed E-state index contributed by atoms with van der Waals surface area (Å²) in [6.07, 6.45) is 0. The van der Waals surface area contributed by atoms with E-state index in [0.717, 1.165) is 10.3 Å². The normalized spacial score (nSPS) is 10.3. The predicted molar refractivity (Wildman–Crippen MR) is 70.7 cm³/mol. The Morgan fingerprint density at radius 1 is 1.24 bits per heavy atom. The number of hydrogen-bond donors (Lipinski definition) is 1. The van der Waals surface area contributed by atoms with E-state index in [-0.39, 0.29) is 5.82 Å². The number of nitrogens with zero attached hydrogens (tertiary/aromatic N) is 1. The summed E-state index contributed by atoms with van der Waals surface area (Å²) in [6, 6.07) is 10.1. The van der Waals surface area contributed by atoms with Crippen LogP contribution in [0.15, 0.2) is 41.0 Å². The average Bonchev–Trinajstić information content (AvgIpc) is 2.28. The van der Waals surface area contributed by atoms with E-state index in [1.807, 2.05) is 18.2 Å². The zero-order chi connectivity index (χ0) is 12.3. The van der Waals surface area contributed by atoms with E-state index in [1.54, 1.807) is 12.1 Å². The molecular formula is C12H9BrClFN2. The van der Waals surface area contributed by atoms with Crippen molar-refractivity contribution in [2.75, 3.05) is 5.32 Å². The molecule has 0 aliphatic rings. The largest absolute Gasteiger partial charge is 0.376 e. The summed E-state index contributed by atoms with van der Waals surface area (Å²) in [4.78, 5) is 4.24. The highest BCUT2D eigenvalue weighted by Crippen LogP contribution is 2.24. The van der Waals surface area contributed by atoms with Gasteiger partial charge in [-0.2, -0.15) is 0 Å². The molecule has 88 valence electrons. The number of nitrogens with one attached hydrogen (secondary N) is 1. The van der Waals surface area contributed by atoms with Gasteiger partial charge in [-0.1, -0.05) is 23.7 Å². The standard InChI is InChI=1S/C12H9BrClFN2/c13-11-6-1-3-8(17-11)7-16-12-9(14)4-2-5-10(12)15/h1-6,16H,7H2. The van der Waals surface area contributed by atoms with Crippen LogP contribution in [-0.4, -0.2) is 4.98 Å². The van der Waals surface area contributed by atoms with Crippen molar-refractivity contribution in [1.29, 1.82) is 0 Å². The molecule has 0 amide bonds. The summed E-state index contributed by atoms with van der Waals surface area (Å²) >= 11 is 9.17. The van der Waals surface area contributed by atoms with Crippen LogP contribution < -0.4 is 5.32 Å². The van der Waals surface area contributed by atoms with Crippen LogP contribution in [0.25, 0.3) is 0 Å². The number of para-hydroxylation sites is 1. The molecule has 2 nitrogen and oxygen atoms in total. The van der Waals surface area contributed by atoms with Crippen LogP contribution >= 0.6 is 27.5 Å². The SMILES string of the molecule is Fc1cccc(Cl)c1NCc1cccc(Br)n1. The molecule has 0 unspecified atom stereocenters. The van der Waals surface area contributed by atoms with Crippen molar-refractivity contribution in [3.8, 4) is 0 Å². The van der Waals surface area contributed by atoms with Crippen molar-refractivity contribution in [2.45, 2.75) is 6.54 Å². The van der Waals surface area contributed by atoms with Crippen LogP contribution in [-0.2, 0) is 6.54 Å². The molecule has 0 aliphatic heterocycles. The fourth-order valence-electron chi connectivity index (χ4n) is 1.39. The number of anilines is 1. The van der Waals surface area contributed by atoms with Gasteiger partial charge >= 0.3 is 0 Å². The van der Waals surface area contributed by atoms with Gasteiger partial charge in [0.05, 0.1) is 22.9 Å². The summed E-state index contributed by atoms with van der Waals surface area (Å²) in [5.74, 6) is -0.368. The summed E-state index contributed by atoms with van der Waals surface area (Å²) in [7, 11) is 0. The molecule has 0 atom stereocenters. The van der Waals surface area contributed by atoms with Crippen molar-refractivity contribution in [3.05, 3.63) is 57.5 Å². The third-order valence-electron chi connectivity index (χ3n) is 2.18. The van der Waals surface area contributed by atoms with Gasteiger partial charge in [-0.3, -0.25) is 0 Å². The van der Waals surface area contributed by atoms with Crippen LogP contribution in [0.1, 0.15) is 5.69 Å². The number of rotatable bonds is 3. The minimum Gasteiger partial charge on any atom is -0.376 e. The van der Waals surface area contributed by atoms with Crippen molar-refractivity contribution in [2.24, 2.45) is 0 Å². The Balaban J connectivity index is 2.13. The maximum atomic E-state index is 13.5. The van der Waals surface area contributed by atoms with Crippen LogP contribution in [0.3, 0.4) is 0 Å². The van der Waals surface area contributed by atoms with Gasteiger partial charge in [0, 0.05) is 0 Å². The maximum Gasteiger partial charge on any atom is 0.147 e. The van der Waals surface area contributed by atoms with Crippen molar-refractivity contribution >= 4 is 33.2 Å². The van der Waals surface area contributed by atoms with Gasteiger partial charge in [0.1, 0.15) is 10.4 Å². The van der Waals surface area contributed by atoms with Crippen LogP contribution in [0.5, 0.6) is 0 Å². The molecule has 0 radical (unpaired) electrons. The second-order valence-corrected chi connectivity index (χ2v) is 4.62. The molecule has 1 N–H and O–H groups in total. The molecule has 2 aromatic rings. The van der Waals surface area contributed by atoms with Crippen molar-refractivity contribution in [3.63, 3.8) is 0 Å². The Hall–Kier alpha value is -1.13. The third kappa shape index (κ3) is 3.17. The molecule has 1 heterocycles. The zero-order valence-corrected chi connectivity index (χ0v) is 11.1. The fraction of sp³-hybridized carbons (Fsp3) is 0.0833. The van der Waals surface area contributed by atoms with Gasteiger partial charge in [-0.05, 0) is 40.2 Å². The molecule has 0 saturated carbocycles. The molecule has 0 fully saturated rings. The Kier molecular flexibility index (Phi) is 3.97. The van der Waals surface area contributed by atoms with Gasteiger partial charge in [0.15, 0.2) is 0 Å². The lowest BCUT2D eigenvalue weighted by molar-refractivity contribution is 0.630. The number of pyridine rings is 1. The molecule has 0 aliphatic carbocycles. The summed E-state index contributed by atoms with van der Waals surface area (Å²) in [6.45, 7) is 0.417. The molecule has 5 heteroatoms. The molecule has 1 aromatic heterocycles. The molecule has 17 heavy (non-hydrogen) atoms. The number of hydrogen-bond acceptors (Lipinski definition) is 2. The smallest absolute Gasteiger partial charge is 0.147 e. The van der Waals surface area contributed by atoms with E-state index in [2.05, 4.69) is 26.2 Å². The molecule has 2 rings (SSSR count). The Morgan fingerprint density at radius 2 is 2.00 bits per heavy atom. The van der Waals surface area contributed by atoms with E-state index >= 15 is 0 Å². The lowest BCUT2D eigenvalue weighted by atomic mass is 10.3. The Bertz CT molecular complexity index is 513. The van der Waals surface area contributed by atoms with Crippen LogP contribution in [0.4, 0.5) is 10.1 Å². The van der Waals surface area contributed by atoms with Gasteiger partial charge in [0.25, 0.3) is 0 Å². The lowest BCUT2D eigenvalue weighted by Crippen LogP contribution is -2.03. The van der Waals surface area contributed by atoms with Crippen LogP contribution in [0, 0.1) is 5.82 Å².